The Labute approximate surface area is 91.3 Å². The lowest BCUT2D eigenvalue weighted by Crippen LogP contribution is -2.18. The van der Waals surface area contributed by atoms with Crippen LogP contribution < -0.4 is 11.1 Å². The molecule has 2 rings (SSSR count). The molecular weight excluding hydrogens is 186 g/mol. The van der Waals surface area contributed by atoms with Gasteiger partial charge in [-0.15, -0.1) is 0 Å². The van der Waals surface area contributed by atoms with E-state index < -0.39 is 0 Å². The molecule has 1 aliphatic heterocycles. The first-order valence-electron chi connectivity index (χ1n) is 5.58. The lowest BCUT2D eigenvalue weighted by atomic mass is 10.1. The van der Waals surface area contributed by atoms with Gasteiger partial charge in [0.1, 0.15) is 0 Å². The van der Waals surface area contributed by atoms with Gasteiger partial charge in [-0.25, -0.2) is 0 Å². The number of hydrogen-bond acceptors (Lipinski definition) is 3. The van der Waals surface area contributed by atoms with Crippen LogP contribution in [0.4, 0.5) is 11.4 Å². The van der Waals surface area contributed by atoms with Crippen molar-refractivity contribution in [2.75, 3.05) is 31.2 Å². The van der Waals surface area contributed by atoms with Gasteiger partial charge < -0.3 is 11.1 Å². The van der Waals surface area contributed by atoms with Crippen molar-refractivity contribution in [1.82, 2.24) is 4.90 Å². The molecule has 3 N–H and O–H groups in total. The minimum atomic E-state index is 0.842. The largest absolute Gasteiger partial charge is 0.397 e. The zero-order chi connectivity index (χ0) is 10.7. The number of anilines is 2. The predicted octanol–water partition coefficient (Wildman–Crippen LogP) is 1.91. The van der Waals surface area contributed by atoms with Crippen molar-refractivity contribution in [1.29, 1.82) is 0 Å². The van der Waals surface area contributed by atoms with E-state index in [9.17, 15) is 0 Å². The van der Waals surface area contributed by atoms with Crippen LogP contribution in [0.5, 0.6) is 0 Å². The van der Waals surface area contributed by atoms with Gasteiger partial charge in [0.25, 0.3) is 0 Å². The molecule has 0 amide bonds. The van der Waals surface area contributed by atoms with Crippen molar-refractivity contribution < 1.29 is 0 Å². The molecule has 0 aliphatic carbocycles. The average molecular weight is 205 g/mol. The third-order valence-corrected chi connectivity index (χ3v) is 2.99. The molecule has 1 fully saturated rings. The van der Waals surface area contributed by atoms with Crippen molar-refractivity contribution in [2.45, 2.75) is 19.4 Å². The summed E-state index contributed by atoms with van der Waals surface area (Å²) in [6, 6.07) is 6.28. The van der Waals surface area contributed by atoms with Crippen molar-refractivity contribution in [3.05, 3.63) is 23.8 Å². The SMILES string of the molecule is CNc1ccc(CN2CCCC2)cc1N. The van der Waals surface area contributed by atoms with E-state index in [0.29, 0.717) is 0 Å². The lowest BCUT2D eigenvalue weighted by molar-refractivity contribution is 0.331. The number of likely N-dealkylation sites (tertiary alicyclic amines) is 1. The Balaban J connectivity index is 2.05. The molecule has 1 heterocycles. The van der Waals surface area contributed by atoms with Gasteiger partial charge in [0.2, 0.25) is 0 Å². The highest BCUT2D eigenvalue weighted by molar-refractivity contribution is 5.66. The number of nitrogen functional groups attached to an aromatic ring is 1. The van der Waals surface area contributed by atoms with Crippen LogP contribution in [0.1, 0.15) is 18.4 Å². The highest BCUT2D eigenvalue weighted by atomic mass is 15.1. The van der Waals surface area contributed by atoms with E-state index in [2.05, 4.69) is 28.4 Å². The van der Waals surface area contributed by atoms with Gasteiger partial charge in [0, 0.05) is 13.6 Å². The Kier molecular flexibility index (Phi) is 3.11. The van der Waals surface area contributed by atoms with Crippen LogP contribution in [-0.4, -0.2) is 25.0 Å². The molecular formula is C12H19N3. The van der Waals surface area contributed by atoms with Crippen LogP contribution in [0.25, 0.3) is 0 Å². The third kappa shape index (κ3) is 2.42. The summed E-state index contributed by atoms with van der Waals surface area (Å²) in [5.74, 6) is 0. The maximum atomic E-state index is 5.93. The van der Waals surface area contributed by atoms with Gasteiger partial charge in [-0.1, -0.05) is 6.07 Å². The number of benzene rings is 1. The topological polar surface area (TPSA) is 41.3 Å². The standard InChI is InChI=1S/C12H19N3/c1-14-12-5-4-10(8-11(12)13)9-15-6-2-3-7-15/h4-5,8,14H,2-3,6-7,9,13H2,1H3. The fourth-order valence-corrected chi connectivity index (χ4v) is 2.14. The van der Waals surface area contributed by atoms with Gasteiger partial charge >= 0.3 is 0 Å². The smallest absolute Gasteiger partial charge is 0.0571 e. The van der Waals surface area contributed by atoms with Crippen LogP contribution in [0, 0.1) is 0 Å². The Bertz CT molecular complexity index is 330. The number of nitrogens with one attached hydrogen (secondary N) is 1. The van der Waals surface area contributed by atoms with Crippen molar-refractivity contribution in [2.24, 2.45) is 0 Å². The summed E-state index contributed by atoms with van der Waals surface area (Å²) in [6.45, 7) is 3.50. The molecule has 0 saturated carbocycles. The molecule has 1 aromatic carbocycles. The number of nitrogens with zero attached hydrogens (tertiary/aromatic N) is 1. The lowest BCUT2D eigenvalue weighted by Gasteiger charge is -2.15. The summed E-state index contributed by atoms with van der Waals surface area (Å²) in [6.07, 6.45) is 2.67. The predicted molar refractivity (Wildman–Crippen MR) is 64.9 cm³/mol. The monoisotopic (exact) mass is 205 g/mol. The quantitative estimate of drug-likeness (QED) is 0.741. The Morgan fingerprint density at radius 2 is 2.07 bits per heavy atom. The van der Waals surface area contributed by atoms with Gasteiger partial charge in [0.15, 0.2) is 0 Å². The van der Waals surface area contributed by atoms with Crippen LogP contribution in [0.2, 0.25) is 0 Å². The van der Waals surface area contributed by atoms with E-state index in [1.54, 1.807) is 0 Å². The third-order valence-electron chi connectivity index (χ3n) is 2.99. The van der Waals surface area contributed by atoms with Crippen LogP contribution in [-0.2, 0) is 6.54 Å². The second kappa shape index (κ2) is 4.53. The van der Waals surface area contributed by atoms with E-state index in [1.165, 1.54) is 31.5 Å². The summed E-state index contributed by atoms with van der Waals surface area (Å²) >= 11 is 0. The van der Waals surface area contributed by atoms with Crippen LogP contribution in [0.3, 0.4) is 0 Å². The summed E-state index contributed by atoms with van der Waals surface area (Å²) in [4.78, 5) is 2.48. The number of nitrogens with two attached hydrogens (primary N) is 1. The summed E-state index contributed by atoms with van der Waals surface area (Å²) in [7, 11) is 1.89. The molecule has 1 aliphatic rings. The molecule has 0 spiro atoms. The molecule has 3 heteroatoms. The van der Waals surface area contributed by atoms with Crippen molar-refractivity contribution in [3.63, 3.8) is 0 Å². The summed E-state index contributed by atoms with van der Waals surface area (Å²) < 4.78 is 0. The Hall–Kier alpha value is -1.22. The van der Waals surface area contributed by atoms with Gasteiger partial charge in [-0.3, -0.25) is 4.90 Å². The zero-order valence-corrected chi connectivity index (χ0v) is 9.29. The summed E-state index contributed by atoms with van der Waals surface area (Å²) in [5, 5.41) is 3.08. The van der Waals surface area contributed by atoms with Crippen molar-refractivity contribution >= 4 is 11.4 Å². The minimum Gasteiger partial charge on any atom is -0.397 e. The van der Waals surface area contributed by atoms with Gasteiger partial charge in [-0.2, -0.15) is 0 Å². The second-order valence-corrected chi connectivity index (χ2v) is 4.15. The average Bonchev–Trinajstić information content (AvgIpc) is 2.71. The maximum absolute atomic E-state index is 5.93. The fourth-order valence-electron chi connectivity index (χ4n) is 2.14. The molecule has 1 saturated heterocycles. The number of rotatable bonds is 3. The maximum Gasteiger partial charge on any atom is 0.0571 e. The first-order chi connectivity index (χ1) is 7.29. The number of hydrogen-bond donors (Lipinski definition) is 2. The first kappa shape index (κ1) is 10.3. The highest BCUT2D eigenvalue weighted by Crippen LogP contribution is 2.21. The molecule has 0 bridgehead atoms. The van der Waals surface area contributed by atoms with Gasteiger partial charge in [-0.05, 0) is 43.6 Å². The van der Waals surface area contributed by atoms with Crippen LogP contribution >= 0.6 is 0 Å². The van der Waals surface area contributed by atoms with Gasteiger partial charge in [0.05, 0.1) is 11.4 Å². The normalized spacial score (nSPS) is 16.9. The van der Waals surface area contributed by atoms with E-state index >= 15 is 0 Å². The molecule has 0 atom stereocenters. The van der Waals surface area contributed by atoms with E-state index in [0.717, 1.165) is 17.9 Å². The molecule has 0 radical (unpaired) electrons. The van der Waals surface area contributed by atoms with Crippen molar-refractivity contribution in [3.8, 4) is 0 Å². The molecule has 0 unspecified atom stereocenters. The molecule has 3 nitrogen and oxygen atoms in total. The van der Waals surface area contributed by atoms with E-state index in [-0.39, 0.29) is 0 Å². The highest BCUT2D eigenvalue weighted by Gasteiger charge is 2.11. The zero-order valence-electron chi connectivity index (χ0n) is 9.29. The first-order valence-corrected chi connectivity index (χ1v) is 5.58. The van der Waals surface area contributed by atoms with Crippen LogP contribution in [0.15, 0.2) is 18.2 Å². The fraction of sp³-hybridized carbons (Fsp3) is 0.500. The minimum absolute atomic E-state index is 0.842. The van der Waals surface area contributed by atoms with E-state index in [4.69, 9.17) is 5.73 Å². The summed E-state index contributed by atoms with van der Waals surface area (Å²) in [5.41, 5.74) is 9.09. The second-order valence-electron chi connectivity index (χ2n) is 4.15. The Morgan fingerprint density at radius 1 is 1.33 bits per heavy atom. The molecule has 0 aromatic heterocycles. The van der Waals surface area contributed by atoms with E-state index in [1.807, 2.05) is 7.05 Å². The molecule has 1 aromatic rings. The molecule has 82 valence electrons. The molecule has 15 heavy (non-hydrogen) atoms. The Morgan fingerprint density at radius 3 is 2.67 bits per heavy atom.